The Bertz CT molecular complexity index is 1210. The number of nitrogens with zero attached hydrogens (tertiary/aromatic N) is 2. The lowest BCUT2D eigenvalue weighted by Gasteiger charge is -2.07. The van der Waals surface area contributed by atoms with Gasteiger partial charge >= 0.3 is 11.9 Å². The fourth-order valence-corrected chi connectivity index (χ4v) is 3.34. The minimum absolute atomic E-state index is 0.0823. The topological polar surface area (TPSA) is 120 Å². The van der Waals surface area contributed by atoms with Crippen molar-refractivity contribution in [2.45, 2.75) is 33.7 Å². The Hall–Kier alpha value is -3.75. The highest BCUT2D eigenvalue weighted by molar-refractivity contribution is 6.03. The molecule has 1 aromatic carbocycles. The molecule has 0 fully saturated rings. The van der Waals surface area contributed by atoms with Gasteiger partial charge in [-0.1, -0.05) is 12.1 Å². The number of hydrogen-bond acceptors (Lipinski definition) is 7. The number of carbonyl (C=O) groups is 3. The molecular formula is C22H23N3O6. The summed E-state index contributed by atoms with van der Waals surface area (Å²) >= 11 is 0. The zero-order chi connectivity index (χ0) is 22.5. The zero-order valence-electron chi connectivity index (χ0n) is 17.6. The van der Waals surface area contributed by atoms with Gasteiger partial charge in [-0.25, -0.2) is 9.78 Å². The molecule has 0 radical (unpaired) electrons. The van der Waals surface area contributed by atoms with Crippen LogP contribution in [-0.4, -0.2) is 45.5 Å². The molecule has 0 bridgehead atoms. The lowest BCUT2D eigenvalue weighted by atomic mass is 10.1. The number of para-hydroxylation sites is 1. The van der Waals surface area contributed by atoms with Crippen molar-refractivity contribution in [3.63, 3.8) is 0 Å². The third-order valence-corrected chi connectivity index (χ3v) is 4.85. The van der Waals surface area contributed by atoms with Gasteiger partial charge in [0.05, 0.1) is 30.3 Å². The smallest absolute Gasteiger partial charge is 0.355 e. The van der Waals surface area contributed by atoms with Crippen LogP contribution in [0.5, 0.6) is 0 Å². The van der Waals surface area contributed by atoms with Crippen molar-refractivity contribution >= 4 is 28.6 Å². The van der Waals surface area contributed by atoms with E-state index in [1.54, 1.807) is 45.0 Å². The van der Waals surface area contributed by atoms with Gasteiger partial charge in [0.1, 0.15) is 5.69 Å². The molecule has 1 N–H and O–H groups in total. The maximum absolute atomic E-state index is 12.5. The summed E-state index contributed by atoms with van der Waals surface area (Å²) in [6.07, 6.45) is 1.29. The fraction of sp³-hybridized carbons (Fsp3) is 0.318. The third-order valence-electron chi connectivity index (χ3n) is 4.85. The first kappa shape index (κ1) is 21.9. The molecule has 3 aromatic rings. The minimum atomic E-state index is -0.620. The van der Waals surface area contributed by atoms with Gasteiger partial charge in [0, 0.05) is 17.8 Å². The number of esters is 2. The maximum atomic E-state index is 12.5. The van der Waals surface area contributed by atoms with Crippen LogP contribution in [-0.2, 0) is 20.8 Å². The lowest BCUT2D eigenvalue weighted by Crippen LogP contribution is -2.23. The predicted octanol–water partition coefficient (Wildman–Crippen LogP) is 2.33. The van der Waals surface area contributed by atoms with Crippen LogP contribution < -0.4 is 5.56 Å². The van der Waals surface area contributed by atoms with E-state index in [0.29, 0.717) is 27.7 Å². The van der Waals surface area contributed by atoms with Crippen molar-refractivity contribution < 1.29 is 23.9 Å². The molecular weight excluding hydrogens is 402 g/mol. The van der Waals surface area contributed by atoms with E-state index in [9.17, 15) is 19.2 Å². The number of ketones is 1. The molecule has 0 saturated heterocycles. The summed E-state index contributed by atoms with van der Waals surface area (Å²) in [4.78, 5) is 56.1. The Labute approximate surface area is 178 Å². The number of benzene rings is 1. The van der Waals surface area contributed by atoms with E-state index >= 15 is 0 Å². The van der Waals surface area contributed by atoms with Crippen molar-refractivity contribution in [3.8, 4) is 0 Å². The number of rotatable bonds is 8. The van der Waals surface area contributed by atoms with Crippen molar-refractivity contribution in [2.75, 3.05) is 13.2 Å². The van der Waals surface area contributed by atoms with Gasteiger partial charge in [-0.05, 0) is 38.5 Å². The average molecular weight is 425 g/mol. The van der Waals surface area contributed by atoms with Gasteiger partial charge in [0.25, 0.3) is 5.56 Å². The quantitative estimate of drug-likeness (QED) is 0.434. The summed E-state index contributed by atoms with van der Waals surface area (Å²) in [5, 5.41) is 0.462. The molecule has 9 heteroatoms. The summed E-state index contributed by atoms with van der Waals surface area (Å²) in [5.74, 6) is -1.60. The molecule has 31 heavy (non-hydrogen) atoms. The van der Waals surface area contributed by atoms with Crippen LogP contribution in [0.4, 0.5) is 0 Å². The Morgan fingerprint density at radius 2 is 1.87 bits per heavy atom. The monoisotopic (exact) mass is 425 g/mol. The summed E-state index contributed by atoms with van der Waals surface area (Å²) in [6, 6.07) is 6.94. The largest absolute Gasteiger partial charge is 0.461 e. The van der Waals surface area contributed by atoms with Crippen LogP contribution in [0.15, 0.2) is 35.4 Å². The molecule has 2 heterocycles. The fourth-order valence-electron chi connectivity index (χ4n) is 3.34. The first-order valence-corrected chi connectivity index (χ1v) is 9.82. The molecule has 0 aliphatic rings. The van der Waals surface area contributed by atoms with Crippen LogP contribution in [0.25, 0.3) is 10.9 Å². The van der Waals surface area contributed by atoms with Gasteiger partial charge in [0.2, 0.25) is 5.78 Å². The van der Waals surface area contributed by atoms with Crippen LogP contribution in [0.3, 0.4) is 0 Å². The van der Waals surface area contributed by atoms with E-state index in [1.807, 2.05) is 0 Å². The van der Waals surface area contributed by atoms with Gasteiger partial charge in [-0.2, -0.15) is 0 Å². The second-order valence-corrected chi connectivity index (χ2v) is 6.94. The Morgan fingerprint density at radius 1 is 1.13 bits per heavy atom. The van der Waals surface area contributed by atoms with Gasteiger partial charge in [-0.15, -0.1) is 0 Å². The van der Waals surface area contributed by atoms with Crippen molar-refractivity contribution in [1.29, 1.82) is 0 Å². The third kappa shape index (κ3) is 4.71. The normalized spacial score (nSPS) is 10.8. The number of Topliss-reactive ketones (excluding diaryl/α,β-unsaturated/α-hetero) is 1. The van der Waals surface area contributed by atoms with Crippen molar-refractivity contribution in [2.24, 2.45) is 0 Å². The average Bonchev–Trinajstić information content (AvgIpc) is 3.06. The van der Waals surface area contributed by atoms with Gasteiger partial charge < -0.3 is 14.5 Å². The summed E-state index contributed by atoms with van der Waals surface area (Å²) in [6.45, 7) is 4.81. The number of hydrogen-bond donors (Lipinski definition) is 1. The number of aromatic amines is 1. The van der Waals surface area contributed by atoms with E-state index in [1.165, 1.54) is 10.9 Å². The highest BCUT2D eigenvalue weighted by Gasteiger charge is 2.23. The summed E-state index contributed by atoms with van der Waals surface area (Å²) < 4.78 is 11.4. The van der Waals surface area contributed by atoms with E-state index in [-0.39, 0.29) is 30.8 Å². The molecule has 0 spiro atoms. The maximum Gasteiger partial charge on any atom is 0.355 e. The molecule has 3 rings (SSSR count). The van der Waals surface area contributed by atoms with E-state index < -0.39 is 24.3 Å². The molecule has 0 amide bonds. The molecule has 0 unspecified atom stereocenters. The summed E-state index contributed by atoms with van der Waals surface area (Å²) in [7, 11) is 0. The Morgan fingerprint density at radius 3 is 2.61 bits per heavy atom. The van der Waals surface area contributed by atoms with Crippen molar-refractivity contribution in [1.82, 2.24) is 14.5 Å². The van der Waals surface area contributed by atoms with Crippen LogP contribution in [0, 0.1) is 13.8 Å². The first-order chi connectivity index (χ1) is 14.8. The standard InChI is InChI=1S/C22H23N3O6/c1-4-30-22(29)20-13(2)19(14(3)24-20)17(26)11-31-18(27)9-10-25-12-23-16-8-6-5-7-15(16)21(25)28/h5-8,12,24H,4,9-11H2,1-3H3. The predicted molar refractivity (Wildman–Crippen MR) is 112 cm³/mol. The van der Waals surface area contributed by atoms with E-state index in [4.69, 9.17) is 9.47 Å². The number of H-pyrrole nitrogens is 1. The van der Waals surface area contributed by atoms with Crippen LogP contribution in [0.2, 0.25) is 0 Å². The molecule has 2 aromatic heterocycles. The highest BCUT2D eigenvalue weighted by atomic mass is 16.5. The number of carbonyl (C=O) groups excluding carboxylic acids is 3. The number of aromatic nitrogens is 3. The lowest BCUT2D eigenvalue weighted by molar-refractivity contribution is -0.142. The Kier molecular flexibility index (Phi) is 6.64. The highest BCUT2D eigenvalue weighted by Crippen LogP contribution is 2.19. The van der Waals surface area contributed by atoms with Crippen LogP contribution in [0.1, 0.15) is 45.4 Å². The SMILES string of the molecule is CCOC(=O)c1[nH]c(C)c(C(=O)COC(=O)CCn2cnc3ccccc3c2=O)c1C. The minimum Gasteiger partial charge on any atom is -0.461 e. The van der Waals surface area contributed by atoms with Gasteiger partial charge in [0.15, 0.2) is 6.61 Å². The second-order valence-electron chi connectivity index (χ2n) is 6.94. The van der Waals surface area contributed by atoms with E-state index in [0.717, 1.165) is 0 Å². The molecule has 0 atom stereocenters. The zero-order valence-corrected chi connectivity index (χ0v) is 17.6. The van der Waals surface area contributed by atoms with Gasteiger partial charge in [-0.3, -0.25) is 19.0 Å². The summed E-state index contributed by atoms with van der Waals surface area (Å²) in [5.41, 5.74) is 1.78. The number of aryl methyl sites for hydroxylation is 2. The molecule has 0 aliphatic carbocycles. The Balaban J connectivity index is 1.60. The number of ether oxygens (including phenoxy) is 2. The molecule has 162 valence electrons. The number of fused-ring (bicyclic) bond motifs is 1. The number of nitrogens with one attached hydrogen (secondary N) is 1. The van der Waals surface area contributed by atoms with E-state index in [2.05, 4.69) is 9.97 Å². The second kappa shape index (κ2) is 9.38. The first-order valence-electron chi connectivity index (χ1n) is 9.82. The molecule has 0 saturated carbocycles. The molecule has 0 aliphatic heterocycles. The van der Waals surface area contributed by atoms with Crippen molar-refractivity contribution in [3.05, 3.63) is 63.5 Å². The van der Waals surface area contributed by atoms with Crippen LogP contribution >= 0.6 is 0 Å². The molecule has 9 nitrogen and oxygen atoms in total.